The lowest BCUT2D eigenvalue weighted by atomic mass is 10.2. The number of para-hydroxylation sites is 1. The Bertz CT molecular complexity index is 1320. The second kappa shape index (κ2) is 9.48. The maximum absolute atomic E-state index is 12.9. The van der Waals surface area contributed by atoms with Crippen molar-refractivity contribution in [2.45, 2.75) is 13.1 Å². The lowest BCUT2D eigenvalue weighted by molar-refractivity contribution is -0.137. The van der Waals surface area contributed by atoms with Gasteiger partial charge in [0.15, 0.2) is 5.82 Å². The molecule has 6 nitrogen and oxygen atoms in total. The van der Waals surface area contributed by atoms with Gasteiger partial charge < -0.3 is 4.74 Å². The smallest absolute Gasteiger partial charge is 0.417 e. The van der Waals surface area contributed by atoms with Crippen LogP contribution in [-0.4, -0.2) is 15.5 Å². The standard InChI is InChI=1S/C24H18ClF3N4O2/c1-15-5-2-3-7-21(15)34-18-10-8-17(9-11-18)30-31-23(33)20-6-4-12-32(20)22-19(25)13-16(14-29-22)24(26,27)28/h2-14,30H,1H3,(H,31,33). The predicted octanol–water partition coefficient (Wildman–Crippen LogP) is 6.40. The van der Waals surface area contributed by atoms with Crippen LogP contribution in [0, 0.1) is 6.92 Å². The van der Waals surface area contributed by atoms with Crippen LogP contribution in [0.4, 0.5) is 18.9 Å². The molecule has 0 bridgehead atoms. The van der Waals surface area contributed by atoms with Crippen molar-refractivity contribution in [3.05, 3.63) is 101 Å². The summed E-state index contributed by atoms with van der Waals surface area (Å²) < 4.78 is 45.8. The number of carbonyl (C=O) groups is 1. The second-order valence-electron chi connectivity index (χ2n) is 7.26. The fourth-order valence-corrected chi connectivity index (χ4v) is 3.37. The highest BCUT2D eigenvalue weighted by atomic mass is 35.5. The minimum Gasteiger partial charge on any atom is -0.457 e. The summed E-state index contributed by atoms with van der Waals surface area (Å²) in [7, 11) is 0. The first-order chi connectivity index (χ1) is 16.2. The molecule has 1 amide bonds. The van der Waals surface area contributed by atoms with Gasteiger partial charge in [-0.3, -0.25) is 20.2 Å². The zero-order chi connectivity index (χ0) is 24.3. The molecule has 0 saturated heterocycles. The van der Waals surface area contributed by atoms with E-state index in [0.717, 1.165) is 17.4 Å². The molecular formula is C24H18ClF3N4O2. The number of hydrazine groups is 1. The Morgan fingerprint density at radius 2 is 1.79 bits per heavy atom. The minimum absolute atomic E-state index is 0.00234. The number of aromatic nitrogens is 2. The average Bonchev–Trinajstić information content (AvgIpc) is 3.29. The molecule has 0 aliphatic rings. The number of ether oxygens (including phenoxy) is 1. The average molecular weight is 487 g/mol. The molecule has 0 atom stereocenters. The van der Waals surface area contributed by atoms with Crippen LogP contribution in [0.5, 0.6) is 11.5 Å². The Balaban J connectivity index is 1.43. The lowest BCUT2D eigenvalue weighted by Crippen LogP contribution is -2.31. The quantitative estimate of drug-likeness (QED) is 0.309. The molecule has 2 heterocycles. The first-order valence-electron chi connectivity index (χ1n) is 10.0. The number of nitrogens with one attached hydrogen (secondary N) is 2. The van der Waals surface area contributed by atoms with Gasteiger partial charge >= 0.3 is 6.18 Å². The van der Waals surface area contributed by atoms with E-state index >= 15 is 0 Å². The van der Waals surface area contributed by atoms with E-state index in [2.05, 4.69) is 15.8 Å². The predicted molar refractivity (Wildman–Crippen MR) is 122 cm³/mol. The van der Waals surface area contributed by atoms with E-state index in [0.29, 0.717) is 17.6 Å². The molecular weight excluding hydrogens is 469 g/mol. The van der Waals surface area contributed by atoms with Crippen LogP contribution >= 0.6 is 11.6 Å². The van der Waals surface area contributed by atoms with Crippen molar-refractivity contribution in [1.82, 2.24) is 15.0 Å². The van der Waals surface area contributed by atoms with E-state index in [9.17, 15) is 18.0 Å². The van der Waals surface area contributed by atoms with Gasteiger partial charge in [0, 0.05) is 12.4 Å². The molecule has 174 valence electrons. The van der Waals surface area contributed by atoms with Gasteiger partial charge in [0.05, 0.1) is 16.3 Å². The summed E-state index contributed by atoms with van der Waals surface area (Å²) in [6.07, 6.45) is -2.42. The van der Waals surface area contributed by atoms with E-state index in [1.54, 1.807) is 30.3 Å². The SMILES string of the molecule is Cc1ccccc1Oc1ccc(NNC(=O)c2cccn2-c2ncc(C(F)(F)F)cc2Cl)cc1. The number of amides is 1. The van der Waals surface area contributed by atoms with Crippen LogP contribution in [-0.2, 0) is 6.18 Å². The van der Waals surface area contributed by atoms with Gasteiger partial charge in [-0.15, -0.1) is 0 Å². The summed E-state index contributed by atoms with van der Waals surface area (Å²) in [5, 5.41) is -0.239. The summed E-state index contributed by atoms with van der Waals surface area (Å²) in [5.41, 5.74) is 6.07. The molecule has 0 saturated carbocycles. The Hall–Kier alpha value is -3.98. The number of carbonyl (C=O) groups excluding carboxylic acids is 1. The number of anilines is 1. The van der Waals surface area contributed by atoms with Crippen LogP contribution in [0.3, 0.4) is 0 Å². The number of aryl methyl sites for hydroxylation is 1. The number of benzene rings is 2. The van der Waals surface area contributed by atoms with Crippen LogP contribution in [0.15, 0.2) is 79.1 Å². The largest absolute Gasteiger partial charge is 0.457 e. The second-order valence-corrected chi connectivity index (χ2v) is 7.67. The van der Waals surface area contributed by atoms with Crippen LogP contribution in [0.25, 0.3) is 5.82 Å². The molecule has 0 unspecified atom stereocenters. The zero-order valence-electron chi connectivity index (χ0n) is 17.7. The molecule has 2 aromatic carbocycles. The van der Waals surface area contributed by atoms with Gasteiger partial charge in [-0.2, -0.15) is 13.2 Å². The van der Waals surface area contributed by atoms with Gasteiger partial charge in [0.1, 0.15) is 17.2 Å². The summed E-state index contributed by atoms with van der Waals surface area (Å²) >= 11 is 6.02. The van der Waals surface area contributed by atoms with Crippen LogP contribution in [0.1, 0.15) is 21.6 Å². The van der Waals surface area contributed by atoms with Gasteiger partial charge in [-0.05, 0) is 61.0 Å². The van der Waals surface area contributed by atoms with E-state index < -0.39 is 17.6 Å². The highest BCUT2D eigenvalue weighted by molar-refractivity contribution is 6.32. The Labute approximate surface area is 197 Å². The molecule has 10 heteroatoms. The van der Waals surface area contributed by atoms with E-state index in [1.807, 2.05) is 31.2 Å². The van der Waals surface area contributed by atoms with Crippen molar-refractivity contribution in [3.8, 4) is 17.3 Å². The van der Waals surface area contributed by atoms with Crippen molar-refractivity contribution in [2.75, 3.05) is 5.43 Å². The third kappa shape index (κ3) is 5.15. The number of hydrogen-bond acceptors (Lipinski definition) is 4. The van der Waals surface area contributed by atoms with Gasteiger partial charge in [-0.25, -0.2) is 4.98 Å². The van der Waals surface area contributed by atoms with Crippen molar-refractivity contribution in [1.29, 1.82) is 0 Å². The number of nitrogens with zero attached hydrogens (tertiary/aromatic N) is 2. The molecule has 2 aromatic heterocycles. The Morgan fingerprint density at radius 1 is 1.06 bits per heavy atom. The monoisotopic (exact) mass is 486 g/mol. The summed E-state index contributed by atoms with van der Waals surface area (Å²) in [6.45, 7) is 1.95. The highest BCUT2D eigenvalue weighted by Crippen LogP contribution is 2.32. The number of rotatable bonds is 6. The normalized spacial score (nSPS) is 11.2. The van der Waals surface area contributed by atoms with Crippen LogP contribution in [0.2, 0.25) is 5.02 Å². The molecule has 4 aromatic rings. The van der Waals surface area contributed by atoms with Crippen molar-refractivity contribution >= 4 is 23.2 Å². The minimum atomic E-state index is -4.57. The maximum atomic E-state index is 12.9. The zero-order valence-corrected chi connectivity index (χ0v) is 18.5. The molecule has 0 radical (unpaired) electrons. The van der Waals surface area contributed by atoms with Gasteiger partial charge in [0.25, 0.3) is 5.91 Å². The third-order valence-corrected chi connectivity index (χ3v) is 5.13. The molecule has 0 fully saturated rings. The van der Waals surface area contributed by atoms with E-state index in [4.69, 9.17) is 16.3 Å². The third-order valence-electron chi connectivity index (χ3n) is 4.85. The number of alkyl halides is 3. The molecule has 2 N–H and O–H groups in total. The molecule has 4 rings (SSSR count). The Kier molecular flexibility index (Phi) is 6.47. The molecule has 0 spiro atoms. The highest BCUT2D eigenvalue weighted by Gasteiger charge is 2.32. The Morgan fingerprint density at radius 3 is 2.47 bits per heavy atom. The van der Waals surface area contributed by atoms with Gasteiger partial charge in [-0.1, -0.05) is 29.8 Å². The fourth-order valence-electron chi connectivity index (χ4n) is 3.11. The fraction of sp³-hybridized carbons (Fsp3) is 0.0833. The van der Waals surface area contributed by atoms with Crippen molar-refractivity contribution in [3.63, 3.8) is 0 Å². The van der Waals surface area contributed by atoms with E-state index in [-0.39, 0.29) is 16.5 Å². The number of halogens is 4. The topological polar surface area (TPSA) is 68.2 Å². The van der Waals surface area contributed by atoms with Crippen molar-refractivity contribution in [2.24, 2.45) is 0 Å². The summed E-state index contributed by atoms with van der Waals surface area (Å²) in [4.78, 5) is 16.5. The van der Waals surface area contributed by atoms with Gasteiger partial charge in [0.2, 0.25) is 0 Å². The summed E-state index contributed by atoms with van der Waals surface area (Å²) in [5.74, 6) is 0.835. The maximum Gasteiger partial charge on any atom is 0.417 e. The van der Waals surface area contributed by atoms with Crippen LogP contribution < -0.4 is 15.6 Å². The number of hydrogen-bond donors (Lipinski definition) is 2. The molecule has 0 aliphatic carbocycles. The number of pyridine rings is 1. The van der Waals surface area contributed by atoms with E-state index in [1.165, 1.54) is 16.8 Å². The lowest BCUT2D eigenvalue weighted by Gasteiger charge is -2.14. The molecule has 34 heavy (non-hydrogen) atoms. The van der Waals surface area contributed by atoms with Crippen molar-refractivity contribution < 1.29 is 22.7 Å². The first kappa shape index (κ1) is 23.2. The summed E-state index contributed by atoms with van der Waals surface area (Å²) in [6, 6.07) is 18.4. The molecule has 0 aliphatic heterocycles. The first-order valence-corrected chi connectivity index (χ1v) is 10.4.